The fourth-order valence-corrected chi connectivity index (χ4v) is 5.23. The van der Waals surface area contributed by atoms with Crippen LogP contribution in [0.25, 0.3) is 11.3 Å². The molecule has 8 nitrogen and oxygen atoms in total. The van der Waals surface area contributed by atoms with Gasteiger partial charge in [0, 0.05) is 37.8 Å². The van der Waals surface area contributed by atoms with Crippen LogP contribution >= 0.6 is 0 Å². The van der Waals surface area contributed by atoms with Gasteiger partial charge in [0.25, 0.3) is 0 Å². The first kappa shape index (κ1) is 29.3. The number of benzene rings is 2. The van der Waals surface area contributed by atoms with Gasteiger partial charge in [0.15, 0.2) is 0 Å². The summed E-state index contributed by atoms with van der Waals surface area (Å²) in [6.07, 6.45) is 1.66. The number of aromatic nitrogens is 2. The molecule has 40 heavy (non-hydrogen) atoms. The second kappa shape index (κ2) is 11.8. The van der Waals surface area contributed by atoms with Gasteiger partial charge in [-0.25, -0.2) is 9.78 Å². The van der Waals surface area contributed by atoms with E-state index in [1.807, 2.05) is 53.4 Å². The molecule has 2 amide bonds. The third-order valence-corrected chi connectivity index (χ3v) is 7.02. The number of amides is 2. The molecule has 0 unspecified atom stereocenters. The van der Waals surface area contributed by atoms with E-state index < -0.39 is 29.2 Å². The normalized spacial score (nSPS) is 17.5. The molecule has 214 valence electrons. The Morgan fingerprint density at radius 2 is 1.65 bits per heavy atom. The van der Waals surface area contributed by atoms with Gasteiger partial charge in [-0.2, -0.15) is 0 Å². The lowest BCUT2D eigenvalue weighted by Crippen LogP contribution is -2.50. The van der Waals surface area contributed by atoms with Gasteiger partial charge >= 0.3 is 6.09 Å². The molecule has 0 aliphatic carbocycles. The monoisotopic (exact) mass is 546 g/mol. The largest absolute Gasteiger partial charge is 0.444 e. The van der Waals surface area contributed by atoms with Crippen molar-refractivity contribution in [2.24, 2.45) is 5.41 Å². The number of ether oxygens (including phenoxy) is 1. The lowest BCUT2D eigenvalue weighted by Gasteiger charge is -2.41. The van der Waals surface area contributed by atoms with Gasteiger partial charge in [0.1, 0.15) is 11.4 Å². The summed E-state index contributed by atoms with van der Waals surface area (Å²) >= 11 is 0. The van der Waals surface area contributed by atoms with Crippen molar-refractivity contribution < 1.29 is 19.4 Å². The summed E-state index contributed by atoms with van der Waals surface area (Å²) in [5.74, 6) is 0.686. The van der Waals surface area contributed by atoms with Gasteiger partial charge < -0.3 is 24.2 Å². The molecule has 2 atom stereocenters. The summed E-state index contributed by atoms with van der Waals surface area (Å²) in [4.78, 5) is 35.3. The Kier molecular flexibility index (Phi) is 8.68. The highest BCUT2D eigenvalue weighted by Crippen LogP contribution is 2.40. The highest BCUT2D eigenvalue weighted by atomic mass is 16.6. The van der Waals surface area contributed by atoms with Crippen LogP contribution < -0.4 is 0 Å². The average molecular weight is 547 g/mol. The second-order valence-corrected chi connectivity index (χ2v) is 12.5. The second-order valence-electron chi connectivity index (χ2n) is 12.5. The molecule has 4 rings (SSSR count). The summed E-state index contributed by atoms with van der Waals surface area (Å²) in [7, 11) is 0. The Labute approximate surface area is 237 Å². The summed E-state index contributed by atoms with van der Waals surface area (Å²) in [6.45, 7) is 12.4. The molecule has 1 aliphatic heterocycles. The van der Waals surface area contributed by atoms with Crippen molar-refractivity contribution in [3.63, 3.8) is 0 Å². The lowest BCUT2D eigenvalue weighted by atomic mass is 9.84. The fourth-order valence-electron chi connectivity index (χ4n) is 5.23. The van der Waals surface area contributed by atoms with E-state index >= 15 is 0 Å². The average Bonchev–Trinajstić information content (AvgIpc) is 3.21. The fraction of sp³-hybridized carbons (Fsp3) is 0.469. The van der Waals surface area contributed by atoms with Gasteiger partial charge in [-0.05, 0) is 31.7 Å². The number of hydrogen-bond acceptors (Lipinski definition) is 5. The molecule has 1 fully saturated rings. The van der Waals surface area contributed by atoms with E-state index in [1.54, 1.807) is 20.8 Å². The van der Waals surface area contributed by atoms with Crippen LogP contribution in [0.2, 0.25) is 0 Å². The van der Waals surface area contributed by atoms with Crippen molar-refractivity contribution in [1.82, 2.24) is 19.4 Å². The Morgan fingerprint density at radius 3 is 2.23 bits per heavy atom. The van der Waals surface area contributed by atoms with E-state index in [2.05, 4.69) is 43.7 Å². The molecule has 2 aromatic carbocycles. The minimum absolute atomic E-state index is 0.0834. The first-order chi connectivity index (χ1) is 18.9. The van der Waals surface area contributed by atoms with Gasteiger partial charge in [0.2, 0.25) is 5.91 Å². The molecule has 1 saturated heterocycles. The van der Waals surface area contributed by atoms with Crippen LogP contribution in [0, 0.1) is 5.41 Å². The van der Waals surface area contributed by atoms with Crippen molar-refractivity contribution in [3.8, 4) is 11.3 Å². The van der Waals surface area contributed by atoms with Crippen LogP contribution in [0.4, 0.5) is 4.79 Å². The SMILES string of the molecule is CC(C)(C)OC(=O)N1CCC(=O)N([C@@H](c2nc(-c3ccccc3)cn2Cc2ccccc2)C(C)(C)C)C[C@H]1CO. The molecule has 8 heteroatoms. The molecule has 0 saturated carbocycles. The number of aliphatic hydroxyl groups excluding tert-OH is 1. The summed E-state index contributed by atoms with van der Waals surface area (Å²) in [6, 6.07) is 19.2. The predicted octanol–water partition coefficient (Wildman–Crippen LogP) is 5.52. The molecule has 3 aromatic rings. The molecule has 0 radical (unpaired) electrons. The van der Waals surface area contributed by atoms with Gasteiger partial charge in [0.05, 0.1) is 24.4 Å². The van der Waals surface area contributed by atoms with Crippen molar-refractivity contribution >= 4 is 12.0 Å². The van der Waals surface area contributed by atoms with Crippen molar-refractivity contribution in [3.05, 3.63) is 78.2 Å². The maximum atomic E-state index is 13.8. The summed E-state index contributed by atoms with van der Waals surface area (Å²) in [5.41, 5.74) is 1.87. The van der Waals surface area contributed by atoms with Crippen molar-refractivity contribution in [2.75, 3.05) is 19.7 Å². The number of aliphatic hydroxyl groups is 1. The van der Waals surface area contributed by atoms with E-state index in [-0.39, 0.29) is 32.0 Å². The minimum Gasteiger partial charge on any atom is -0.444 e. The zero-order chi connectivity index (χ0) is 29.1. The third kappa shape index (κ3) is 6.91. The quantitative estimate of drug-likeness (QED) is 0.440. The molecule has 1 aliphatic rings. The topological polar surface area (TPSA) is 87.9 Å². The maximum Gasteiger partial charge on any atom is 0.410 e. The molecular formula is C32H42N4O4. The van der Waals surface area contributed by atoms with E-state index in [0.717, 1.165) is 22.6 Å². The van der Waals surface area contributed by atoms with E-state index in [4.69, 9.17) is 9.72 Å². The lowest BCUT2D eigenvalue weighted by molar-refractivity contribution is -0.136. The zero-order valence-electron chi connectivity index (χ0n) is 24.5. The minimum atomic E-state index is -0.683. The maximum absolute atomic E-state index is 13.8. The van der Waals surface area contributed by atoms with Crippen LogP contribution in [-0.2, 0) is 16.1 Å². The Morgan fingerprint density at radius 1 is 1.02 bits per heavy atom. The van der Waals surface area contributed by atoms with E-state index in [9.17, 15) is 14.7 Å². The Hall–Kier alpha value is -3.65. The number of nitrogens with zero attached hydrogens (tertiary/aromatic N) is 4. The van der Waals surface area contributed by atoms with Gasteiger partial charge in [-0.3, -0.25) is 4.79 Å². The number of carbonyl (C=O) groups is 2. The third-order valence-electron chi connectivity index (χ3n) is 7.02. The Balaban J connectivity index is 1.77. The molecule has 2 heterocycles. The number of rotatable bonds is 6. The van der Waals surface area contributed by atoms with Gasteiger partial charge in [-0.1, -0.05) is 81.4 Å². The van der Waals surface area contributed by atoms with Crippen LogP contribution in [0.5, 0.6) is 0 Å². The number of carbonyl (C=O) groups excluding carboxylic acids is 2. The highest BCUT2D eigenvalue weighted by molar-refractivity contribution is 5.79. The van der Waals surface area contributed by atoms with E-state index in [1.165, 1.54) is 4.90 Å². The van der Waals surface area contributed by atoms with Crippen molar-refractivity contribution in [1.29, 1.82) is 0 Å². The Bertz CT molecular complexity index is 1290. The standard InChI is InChI=1S/C32H42N4O4/c1-31(2,3)28(36-20-25(22-37)35(18-17-27(36)38)30(39)40-32(4,5)6)29-33-26(24-15-11-8-12-16-24)21-34(29)19-23-13-9-7-10-14-23/h7-16,21,25,28,37H,17-20,22H2,1-6H3/t25-,28-/m0/s1. The first-order valence-corrected chi connectivity index (χ1v) is 13.9. The van der Waals surface area contributed by atoms with Gasteiger partial charge in [-0.15, -0.1) is 0 Å². The highest BCUT2D eigenvalue weighted by Gasteiger charge is 2.42. The van der Waals surface area contributed by atoms with Crippen LogP contribution in [0.1, 0.15) is 65.4 Å². The van der Waals surface area contributed by atoms with Crippen LogP contribution in [0.15, 0.2) is 66.9 Å². The molecule has 0 bridgehead atoms. The first-order valence-electron chi connectivity index (χ1n) is 13.9. The molecular weight excluding hydrogens is 504 g/mol. The number of imidazole rings is 1. The molecule has 0 spiro atoms. The molecule has 1 N–H and O–H groups in total. The van der Waals surface area contributed by atoms with Crippen molar-refractivity contribution in [2.45, 2.75) is 72.2 Å². The van der Waals surface area contributed by atoms with Crippen LogP contribution in [-0.4, -0.2) is 67.8 Å². The summed E-state index contributed by atoms with van der Waals surface area (Å²) in [5, 5.41) is 10.4. The van der Waals surface area contributed by atoms with E-state index in [0.29, 0.717) is 6.54 Å². The summed E-state index contributed by atoms with van der Waals surface area (Å²) < 4.78 is 7.75. The smallest absolute Gasteiger partial charge is 0.410 e. The van der Waals surface area contributed by atoms with Crippen LogP contribution in [0.3, 0.4) is 0 Å². The zero-order valence-corrected chi connectivity index (χ0v) is 24.5. The number of hydrogen-bond donors (Lipinski definition) is 1. The predicted molar refractivity (Wildman–Crippen MR) is 156 cm³/mol. The molecule has 1 aromatic heterocycles.